The number of nitrogens with zero attached hydrogens (tertiary/aromatic N) is 4. The fraction of sp³-hybridized carbons (Fsp3) is 0.176. The minimum atomic E-state index is -1.03. The molecule has 0 aliphatic carbocycles. The van der Waals surface area contributed by atoms with Crippen molar-refractivity contribution in [1.29, 1.82) is 0 Å². The minimum Gasteiger partial charge on any atom is -0.494 e. The van der Waals surface area contributed by atoms with Crippen LogP contribution in [0.5, 0.6) is 5.75 Å². The number of anilines is 1. The van der Waals surface area contributed by atoms with Crippen LogP contribution in [-0.2, 0) is 4.79 Å². The number of para-hydroxylation sites is 2. The van der Waals surface area contributed by atoms with Gasteiger partial charge in [-0.3, -0.25) is 4.79 Å². The highest BCUT2D eigenvalue weighted by molar-refractivity contribution is 8.00. The van der Waals surface area contributed by atoms with Crippen LogP contribution in [0.15, 0.2) is 47.6 Å². The monoisotopic (exact) mass is 391 g/mol. The molecular formula is C17H15F2N5O2S. The zero-order chi connectivity index (χ0) is 19.4. The maximum absolute atomic E-state index is 13.3. The predicted octanol–water partition coefficient (Wildman–Crippen LogP) is 3.07. The molecule has 3 rings (SSSR count). The summed E-state index contributed by atoms with van der Waals surface area (Å²) in [6.45, 7) is 1.65. The summed E-state index contributed by atoms with van der Waals surface area (Å²) in [5.41, 5.74) is 0.788. The molecule has 1 unspecified atom stereocenters. The van der Waals surface area contributed by atoms with E-state index < -0.39 is 22.8 Å². The van der Waals surface area contributed by atoms with E-state index in [1.54, 1.807) is 19.1 Å². The van der Waals surface area contributed by atoms with Gasteiger partial charge < -0.3 is 10.1 Å². The quantitative estimate of drug-likeness (QED) is 0.651. The number of ether oxygens (including phenoxy) is 1. The number of benzene rings is 2. The number of methoxy groups -OCH3 is 1. The third kappa shape index (κ3) is 4.22. The van der Waals surface area contributed by atoms with Crippen LogP contribution in [0.2, 0.25) is 0 Å². The van der Waals surface area contributed by atoms with E-state index in [0.29, 0.717) is 16.6 Å². The normalized spacial score (nSPS) is 11.9. The molecule has 7 nitrogen and oxygen atoms in total. The molecule has 1 heterocycles. The fourth-order valence-electron chi connectivity index (χ4n) is 2.24. The molecule has 1 amide bonds. The van der Waals surface area contributed by atoms with Crippen molar-refractivity contribution in [3.05, 3.63) is 54.1 Å². The molecule has 0 fully saturated rings. The molecule has 0 bridgehead atoms. The molecule has 0 spiro atoms. The Morgan fingerprint density at radius 3 is 2.74 bits per heavy atom. The standard InChI is InChI=1S/C17H15F2N5O2S/c1-10(16(25)20-11-7-8-12(18)13(19)9-11)27-17-21-22-23-24(17)14-5-3-4-6-15(14)26-2/h3-10H,1-2H3,(H,20,25). The summed E-state index contributed by atoms with van der Waals surface area (Å²) < 4.78 is 33.0. The first-order chi connectivity index (χ1) is 13.0. The third-order valence-electron chi connectivity index (χ3n) is 3.59. The van der Waals surface area contributed by atoms with Crippen molar-refractivity contribution >= 4 is 23.4 Å². The lowest BCUT2D eigenvalue weighted by molar-refractivity contribution is -0.115. The molecule has 10 heteroatoms. The minimum absolute atomic E-state index is 0.163. The van der Waals surface area contributed by atoms with E-state index in [1.165, 1.54) is 17.9 Å². The summed E-state index contributed by atoms with van der Waals surface area (Å²) in [7, 11) is 1.54. The van der Waals surface area contributed by atoms with Crippen LogP contribution in [0.3, 0.4) is 0 Å². The average molecular weight is 391 g/mol. The molecule has 27 heavy (non-hydrogen) atoms. The first-order valence-corrected chi connectivity index (χ1v) is 8.72. The van der Waals surface area contributed by atoms with E-state index >= 15 is 0 Å². The highest BCUT2D eigenvalue weighted by Crippen LogP contribution is 2.28. The van der Waals surface area contributed by atoms with Gasteiger partial charge in [0.2, 0.25) is 11.1 Å². The number of amides is 1. The second kappa shape index (κ2) is 8.12. The second-order valence-electron chi connectivity index (χ2n) is 5.42. The number of carbonyl (C=O) groups excluding carboxylic acids is 1. The van der Waals surface area contributed by atoms with Crippen LogP contribution in [0.25, 0.3) is 5.69 Å². The number of rotatable bonds is 6. The number of aromatic nitrogens is 4. The van der Waals surface area contributed by atoms with Gasteiger partial charge in [-0.1, -0.05) is 23.9 Å². The molecular weight excluding hydrogens is 376 g/mol. The van der Waals surface area contributed by atoms with Crippen molar-refractivity contribution in [1.82, 2.24) is 20.2 Å². The largest absolute Gasteiger partial charge is 0.494 e. The molecule has 1 aromatic heterocycles. The molecule has 140 valence electrons. The van der Waals surface area contributed by atoms with Crippen LogP contribution < -0.4 is 10.1 Å². The van der Waals surface area contributed by atoms with Gasteiger partial charge in [0.1, 0.15) is 11.4 Å². The molecule has 0 saturated carbocycles. The maximum atomic E-state index is 13.3. The SMILES string of the molecule is COc1ccccc1-n1nnnc1SC(C)C(=O)Nc1ccc(F)c(F)c1. The zero-order valence-corrected chi connectivity index (χ0v) is 15.2. The smallest absolute Gasteiger partial charge is 0.237 e. The molecule has 1 atom stereocenters. The van der Waals surface area contributed by atoms with Gasteiger partial charge in [0.05, 0.1) is 12.4 Å². The molecule has 0 saturated heterocycles. The number of nitrogens with one attached hydrogen (secondary N) is 1. The van der Waals surface area contributed by atoms with Gasteiger partial charge in [-0.25, -0.2) is 8.78 Å². The predicted molar refractivity (Wildman–Crippen MR) is 96.0 cm³/mol. The Labute approximate surface area is 157 Å². The highest BCUT2D eigenvalue weighted by atomic mass is 32.2. The van der Waals surface area contributed by atoms with E-state index in [9.17, 15) is 13.6 Å². The van der Waals surface area contributed by atoms with Gasteiger partial charge in [-0.2, -0.15) is 4.68 Å². The van der Waals surface area contributed by atoms with Crippen molar-refractivity contribution in [2.45, 2.75) is 17.3 Å². The first-order valence-electron chi connectivity index (χ1n) is 7.84. The van der Waals surface area contributed by atoms with Gasteiger partial charge >= 0.3 is 0 Å². The average Bonchev–Trinajstić information content (AvgIpc) is 3.12. The van der Waals surface area contributed by atoms with Crippen molar-refractivity contribution in [2.75, 3.05) is 12.4 Å². The number of tetrazole rings is 1. The summed E-state index contributed by atoms with van der Waals surface area (Å²) in [6, 6.07) is 10.3. The summed E-state index contributed by atoms with van der Waals surface area (Å²) in [5, 5.41) is 13.9. The second-order valence-corrected chi connectivity index (χ2v) is 6.73. The van der Waals surface area contributed by atoms with E-state index in [0.717, 1.165) is 23.9 Å². The Morgan fingerprint density at radius 1 is 1.22 bits per heavy atom. The van der Waals surface area contributed by atoms with Gasteiger partial charge in [-0.15, -0.1) is 5.10 Å². The van der Waals surface area contributed by atoms with Gasteiger partial charge in [0, 0.05) is 11.8 Å². The van der Waals surface area contributed by atoms with Crippen molar-refractivity contribution < 1.29 is 18.3 Å². The molecule has 0 radical (unpaired) electrons. The van der Waals surface area contributed by atoms with Crippen LogP contribution in [0, 0.1) is 11.6 Å². The lowest BCUT2D eigenvalue weighted by Gasteiger charge is -2.13. The number of halogens is 2. The van der Waals surface area contributed by atoms with Crippen molar-refractivity contribution in [3.8, 4) is 11.4 Å². The van der Waals surface area contributed by atoms with Crippen LogP contribution in [0.1, 0.15) is 6.92 Å². The van der Waals surface area contributed by atoms with Gasteiger partial charge in [-0.05, 0) is 41.6 Å². The van der Waals surface area contributed by atoms with E-state index in [4.69, 9.17) is 4.74 Å². The Bertz CT molecular complexity index is 966. The van der Waals surface area contributed by atoms with Crippen LogP contribution >= 0.6 is 11.8 Å². The maximum Gasteiger partial charge on any atom is 0.237 e. The Balaban J connectivity index is 1.75. The van der Waals surface area contributed by atoms with E-state index in [1.807, 2.05) is 12.1 Å². The molecule has 0 aliphatic heterocycles. The van der Waals surface area contributed by atoms with Crippen molar-refractivity contribution in [3.63, 3.8) is 0 Å². The summed E-state index contributed by atoms with van der Waals surface area (Å²) >= 11 is 1.12. The first kappa shape index (κ1) is 18.8. The molecule has 2 aromatic carbocycles. The molecule has 3 aromatic rings. The van der Waals surface area contributed by atoms with E-state index in [-0.39, 0.29) is 5.69 Å². The third-order valence-corrected chi connectivity index (χ3v) is 4.63. The number of hydrogen-bond donors (Lipinski definition) is 1. The van der Waals surface area contributed by atoms with Crippen LogP contribution in [-0.4, -0.2) is 38.5 Å². The molecule has 1 N–H and O–H groups in total. The van der Waals surface area contributed by atoms with Crippen LogP contribution in [0.4, 0.5) is 14.5 Å². The van der Waals surface area contributed by atoms with E-state index in [2.05, 4.69) is 20.8 Å². The topological polar surface area (TPSA) is 81.9 Å². The summed E-state index contributed by atoms with van der Waals surface area (Å²) in [6.07, 6.45) is 0. The summed E-state index contributed by atoms with van der Waals surface area (Å²) in [4.78, 5) is 12.4. The van der Waals surface area contributed by atoms with Gasteiger partial charge in [0.15, 0.2) is 11.6 Å². The lowest BCUT2D eigenvalue weighted by atomic mass is 10.3. The Kier molecular flexibility index (Phi) is 5.65. The lowest BCUT2D eigenvalue weighted by Crippen LogP contribution is -2.23. The Hall–Kier alpha value is -3.01. The summed E-state index contributed by atoms with van der Waals surface area (Å²) in [5.74, 6) is -1.84. The number of thioether (sulfide) groups is 1. The van der Waals surface area contributed by atoms with Gasteiger partial charge in [0.25, 0.3) is 0 Å². The van der Waals surface area contributed by atoms with Crippen molar-refractivity contribution in [2.24, 2.45) is 0 Å². The number of carbonyl (C=O) groups is 1. The highest BCUT2D eigenvalue weighted by Gasteiger charge is 2.21. The number of hydrogen-bond acceptors (Lipinski definition) is 6. The fourth-order valence-corrected chi connectivity index (χ4v) is 3.04. The zero-order valence-electron chi connectivity index (χ0n) is 14.4. The molecule has 0 aliphatic rings. The Morgan fingerprint density at radius 2 is 2.00 bits per heavy atom.